The molecule has 0 aliphatic heterocycles. The number of anilines is 1. The molecule has 1 heterocycles. The van der Waals surface area contributed by atoms with Crippen molar-refractivity contribution in [3.63, 3.8) is 0 Å². The monoisotopic (exact) mass is 409 g/mol. The first-order chi connectivity index (χ1) is 12.6. The van der Waals surface area contributed by atoms with Crippen molar-refractivity contribution >= 4 is 38.6 Å². The Labute approximate surface area is 157 Å². The molecule has 1 N–H and O–H groups in total. The number of hydrogen-bond acceptors (Lipinski definition) is 2. The Morgan fingerprint density at radius 2 is 1.65 bits per heavy atom. The lowest BCUT2D eigenvalue weighted by atomic mass is 10.2. The molecule has 4 aromatic rings. The fourth-order valence-corrected chi connectivity index (χ4v) is 3.37. The van der Waals surface area contributed by atoms with Crippen LogP contribution < -0.4 is 5.32 Å². The molecular weight excluding hydrogens is 397 g/mol. The van der Waals surface area contributed by atoms with Gasteiger partial charge < -0.3 is 5.32 Å². The van der Waals surface area contributed by atoms with Crippen molar-refractivity contribution in [1.29, 1.82) is 0 Å². The minimum Gasteiger partial charge on any atom is -0.322 e. The topological polar surface area (TPSA) is 46.9 Å². The summed E-state index contributed by atoms with van der Waals surface area (Å²) in [5.41, 5.74) is 3.36. The van der Waals surface area contributed by atoms with E-state index in [2.05, 4.69) is 26.2 Å². The summed E-state index contributed by atoms with van der Waals surface area (Å²) in [7, 11) is 0. The molecule has 0 saturated heterocycles. The maximum Gasteiger partial charge on any atom is 0.258 e. The molecule has 1 amide bonds. The highest BCUT2D eigenvalue weighted by atomic mass is 79.9. The molecule has 0 saturated carbocycles. The van der Waals surface area contributed by atoms with Gasteiger partial charge in [-0.1, -0.05) is 24.3 Å². The molecule has 0 aliphatic rings. The second-order valence-corrected chi connectivity index (χ2v) is 6.40. The van der Waals surface area contributed by atoms with Gasteiger partial charge in [0, 0.05) is 11.4 Å². The smallest absolute Gasteiger partial charge is 0.258 e. The van der Waals surface area contributed by atoms with Gasteiger partial charge in [-0.25, -0.2) is 9.37 Å². The van der Waals surface area contributed by atoms with E-state index in [4.69, 9.17) is 0 Å². The summed E-state index contributed by atoms with van der Waals surface area (Å²) < 4.78 is 16.4. The van der Waals surface area contributed by atoms with Crippen LogP contribution in [0.2, 0.25) is 0 Å². The highest BCUT2D eigenvalue weighted by Crippen LogP contribution is 2.25. The van der Waals surface area contributed by atoms with Gasteiger partial charge in [-0.3, -0.25) is 9.36 Å². The van der Waals surface area contributed by atoms with Gasteiger partial charge in [0.2, 0.25) is 0 Å². The predicted octanol–water partition coefficient (Wildman–Crippen LogP) is 5.18. The number of para-hydroxylation sites is 2. The van der Waals surface area contributed by atoms with Gasteiger partial charge in [0.15, 0.2) is 4.73 Å². The summed E-state index contributed by atoms with van der Waals surface area (Å²) in [6.07, 6.45) is 0. The first-order valence-corrected chi connectivity index (χ1v) is 8.72. The fraction of sp³-hybridized carbons (Fsp3) is 0. The third kappa shape index (κ3) is 2.99. The minimum absolute atomic E-state index is 0.0138. The number of benzene rings is 3. The number of fused-ring (bicyclic) bond motifs is 1. The van der Waals surface area contributed by atoms with E-state index in [1.807, 2.05) is 41.0 Å². The molecule has 3 aromatic carbocycles. The van der Waals surface area contributed by atoms with Crippen LogP contribution in [0.3, 0.4) is 0 Å². The van der Waals surface area contributed by atoms with Gasteiger partial charge in [0.25, 0.3) is 5.91 Å². The van der Waals surface area contributed by atoms with Gasteiger partial charge in [0.1, 0.15) is 5.82 Å². The van der Waals surface area contributed by atoms with Crippen molar-refractivity contribution in [2.45, 2.75) is 0 Å². The first-order valence-electron chi connectivity index (χ1n) is 7.93. The lowest BCUT2D eigenvalue weighted by Gasteiger charge is -2.09. The van der Waals surface area contributed by atoms with Crippen LogP contribution in [0.15, 0.2) is 77.5 Å². The Morgan fingerprint density at radius 3 is 2.42 bits per heavy atom. The molecule has 128 valence electrons. The zero-order valence-electron chi connectivity index (χ0n) is 13.5. The zero-order chi connectivity index (χ0) is 18.1. The van der Waals surface area contributed by atoms with Crippen LogP contribution in [-0.4, -0.2) is 15.5 Å². The Hall–Kier alpha value is -2.99. The van der Waals surface area contributed by atoms with Crippen LogP contribution in [0.25, 0.3) is 16.7 Å². The number of carbonyl (C=O) groups excluding carboxylic acids is 1. The van der Waals surface area contributed by atoms with E-state index in [0.29, 0.717) is 10.4 Å². The number of aromatic nitrogens is 2. The second kappa shape index (κ2) is 6.72. The summed E-state index contributed by atoms with van der Waals surface area (Å²) in [5.74, 6) is -1.03. The third-order valence-electron chi connectivity index (χ3n) is 4.02. The summed E-state index contributed by atoms with van der Waals surface area (Å²) >= 11 is 3.48. The Bertz CT molecular complexity index is 1110. The molecule has 0 radical (unpaired) electrons. The van der Waals surface area contributed by atoms with Crippen molar-refractivity contribution in [2.24, 2.45) is 0 Å². The maximum absolute atomic E-state index is 13.7. The predicted molar refractivity (Wildman–Crippen MR) is 103 cm³/mol. The lowest BCUT2D eigenvalue weighted by Crippen LogP contribution is -2.13. The average Bonchev–Trinajstić information content (AvgIpc) is 2.98. The molecule has 0 spiro atoms. The highest BCUT2D eigenvalue weighted by molar-refractivity contribution is 9.10. The quantitative estimate of drug-likeness (QED) is 0.506. The first kappa shape index (κ1) is 16.5. The number of rotatable bonds is 3. The SMILES string of the molecule is O=C(Nc1ccc(-n2c(Br)nc3ccccc32)cc1)c1ccccc1F. The van der Waals surface area contributed by atoms with Crippen LogP contribution in [0.1, 0.15) is 10.4 Å². The van der Waals surface area contributed by atoms with Crippen LogP contribution in [0.5, 0.6) is 0 Å². The van der Waals surface area contributed by atoms with Gasteiger partial charge in [-0.05, 0) is 64.5 Å². The summed E-state index contributed by atoms with van der Waals surface area (Å²) in [6.45, 7) is 0. The standard InChI is InChI=1S/C20H13BrFN3O/c21-20-24-17-7-3-4-8-18(17)25(20)14-11-9-13(10-12-14)23-19(26)15-5-1-2-6-16(15)22/h1-12H,(H,23,26). The number of nitrogens with zero attached hydrogens (tertiary/aromatic N) is 2. The van der Waals surface area contributed by atoms with E-state index < -0.39 is 11.7 Å². The second-order valence-electron chi connectivity index (χ2n) is 5.69. The summed E-state index contributed by atoms with van der Waals surface area (Å²) in [5, 5.41) is 2.71. The van der Waals surface area contributed by atoms with Crippen LogP contribution in [-0.2, 0) is 0 Å². The third-order valence-corrected chi connectivity index (χ3v) is 4.55. The molecule has 26 heavy (non-hydrogen) atoms. The van der Waals surface area contributed by atoms with Gasteiger partial charge in [0.05, 0.1) is 16.6 Å². The number of amides is 1. The molecule has 1 aromatic heterocycles. The van der Waals surface area contributed by atoms with Gasteiger partial charge in [-0.15, -0.1) is 0 Å². The van der Waals surface area contributed by atoms with Crippen molar-refractivity contribution in [2.75, 3.05) is 5.32 Å². The number of hydrogen-bond donors (Lipinski definition) is 1. The van der Waals surface area contributed by atoms with Crippen molar-refractivity contribution in [3.8, 4) is 5.69 Å². The number of imidazole rings is 1. The molecular formula is C20H13BrFN3O. The van der Waals surface area contributed by atoms with E-state index in [9.17, 15) is 9.18 Å². The van der Waals surface area contributed by atoms with Crippen LogP contribution in [0, 0.1) is 5.82 Å². The minimum atomic E-state index is -0.546. The number of nitrogens with one attached hydrogen (secondary N) is 1. The molecule has 0 unspecified atom stereocenters. The van der Waals surface area contributed by atoms with Crippen molar-refractivity contribution in [1.82, 2.24) is 9.55 Å². The Balaban J connectivity index is 1.62. The molecule has 0 bridgehead atoms. The Kier molecular flexibility index (Phi) is 4.26. The lowest BCUT2D eigenvalue weighted by molar-refractivity contribution is 0.102. The van der Waals surface area contributed by atoms with Crippen molar-refractivity contribution < 1.29 is 9.18 Å². The van der Waals surface area contributed by atoms with E-state index in [0.717, 1.165) is 16.7 Å². The molecule has 0 fully saturated rings. The molecule has 6 heteroatoms. The largest absolute Gasteiger partial charge is 0.322 e. The zero-order valence-corrected chi connectivity index (χ0v) is 15.1. The van der Waals surface area contributed by atoms with Crippen LogP contribution >= 0.6 is 15.9 Å². The normalized spacial score (nSPS) is 10.8. The molecule has 4 nitrogen and oxygen atoms in total. The average molecular weight is 410 g/mol. The summed E-state index contributed by atoms with van der Waals surface area (Å²) in [4.78, 5) is 16.7. The fourth-order valence-electron chi connectivity index (χ4n) is 2.78. The highest BCUT2D eigenvalue weighted by Gasteiger charge is 2.12. The van der Waals surface area contributed by atoms with E-state index >= 15 is 0 Å². The maximum atomic E-state index is 13.7. The molecule has 4 rings (SSSR count). The van der Waals surface area contributed by atoms with E-state index in [-0.39, 0.29) is 5.56 Å². The van der Waals surface area contributed by atoms with Gasteiger partial charge >= 0.3 is 0 Å². The van der Waals surface area contributed by atoms with Gasteiger partial charge in [-0.2, -0.15) is 0 Å². The Morgan fingerprint density at radius 1 is 0.962 bits per heavy atom. The van der Waals surface area contributed by atoms with E-state index in [1.165, 1.54) is 12.1 Å². The summed E-state index contributed by atoms with van der Waals surface area (Å²) in [6, 6.07) is 21.0. The number of carbonyl (C=O) groups is 1. The molecule has 0 aliphatic carbocycles. The van der Waals surface area contributed by atoms with Crippen molar-refractivity contribution in [3.05, 3.63) is 88.9 Å². The number of halogens is 2. The van der Waals surface area contributed by atoms with Crippen LogP contribution in [0.4, 0.5) is 10.1 Å². The molecule has 0 atom stereocenters. The van der Waals surface area contributed by atoms with E-state index in [1.54, 1.807) is 24.3 Å².